The van der Waals surface area contributed by atoms with Crippen LogP contribution in [-0.2, 0) is 5.41 Å². The third kappa shape index (κ3) is 2.51. The fourth-order valence-corrected chi connectivity index (χ4v) is 5.27. The van der Waals surface area contributed by atoms with E-state index in [9.17, 15) is 0 Å². The highest BCUT2D eigenvalue weighted by atomic mass is 15.1. The van der Waals surface area contributed by atoms with Crippen molar-refractivity contribution in [2.75, 3.05) is 26.2 Å². The Morgan fingerprint density at radius 3 is 2.23 bits per heavy atom. The van der Waals surface area contributed by atoms with Gasteiger partial charge in [-0.1, -0.05) is 43.5 Å². The van der Waals surface area contributed by atoms with E-state index >= 15 is 0 Å². The SMILES string of the molecule is NCC1(c2ccc(C3CN4CCC3CC4)cc2)CCCCC1. The van der Waals surface area contributed by atoms with Gasteiger partial charge in [0.05, 0.1) is 0 Å². The number of benzene rings is 1. The van der Waals surface area contributed by atoms with Gasteiger partial charge in [-0.05, 0) is 61.7 Å². The second-order valence-electron chi connectivity index (χ2n) is 7.91. The highest BCUT2D eigenvalue weighted by molar-refractivity contribution is 5.33. The summed E-state index contributed by atoms with van der Waals surface area (Å²) in [6.07, 6.45) is 9.44. The molecule has 0 amide bonds. The van der Waals surface area contributed by atoms with Crippen LogP contribution in [0.3, 0.4) is 0 Å². The Kier molecular flexibility index (Phi) is 4.00. The molecule has 3 saturated heterocycles. The van der Waals surface area contributed by atoms with E-state index in [2.05, 4.69) is 29.2 Å². The molecule has 3 aliphatic heterocycles. The highest BCUT2D eigenvalue weighted by Crippen LogP contribution is 2.41. The molecule has 4 aliphatic rings. The Morgan fingerprint density at radius 1 is 1.00 bits per heavy atom. The third-order valence-corrected chi connectivity index (χ3v) is 6.81. The van der Waals surface area contributed by atoms with Gasteiger partial charge in [-0.25, -0.2) is 0 Å². The molecule has 1 atom stereocenters. The van der Waals surface area contributed by atoms with Gasteiger partial charge in [-0.15, -0.1) is 0 Å². The van der Waals surface area contributed by atoms with Gasteiger partial charge in [-0.2, -0.15) is 0 Å². The van der Waals surface area contributed by atoms with E-state index in [1.165, 1.54) is 70.1 Å². The summed E-state index contributed by atoms with van der Waals surface area (Å²) in [4.78, 5) is 2.65. The molecular formula is C20H30N2. The fraction of sp³-hybridized carbons (Fsp3) is 0.700. The van der Waals surface area contributed by atoms with Crippen LogP contribution in [0, 0.1) is 5.92 Å². The quantitative estimate of drug-likeness (QED) is 0.923. The number of hydrogen-bond donors (Lipinski definition) is 1. The predicted molar refractivity (Wildman–Crippen MR) is 92.2 cm³/mol. The van der Waals surface area contributed by atoms with Crippen molar-refractivity contribution in [3.8, 4) is 0 Å². The van der Waals surface area contributed by atoms with Gasteiger partial charge in [0.2, 0.25) is 0 Å². The second kappa shape index (κ2) is 5.98. The maximum atomic E-state index is 6.19. The topological polar surface area (TPSA) is 29.3 Å². The maximum Gasteiger partial charge on any atom is 0.00755 e. The molecule has 1 aromatic rings. The molecule has 1 aliphatic carbocycles. The van der Waals surface area contributed by atoms with Gasteiger partial charge in [0.15, 0.2) is 0 Å². The Balaban J connectivity index is 1.55. The third-order valence-electron chi connectivity index (χ3n) is 6.81. The molecule has 4 fully saturated rings. The lowest BCUT2D eigenvalue weighted by molar-refractivity contribution is 0.0871. The normalized spacial score (nSPS) is 33.8. The molecule has 2 N–H and O–H groups in total. The first kappa shape index (κ1) is 14.7. The van der Waals surface area contributed by atoms with Crippen LogP contribution in [0.1, 0.15) is 62.0 Å². The molecule has 22 heavy (non-hydrogen) atoms. The summed E-state index contributed by atoms with van der Waals surface area (Å²) in [5, 5.41) is 0. The number of nitrogens with two attached hydrogens (primary N) is 1. The standard InChI is InChI=1S/C20H30N2/c21-15-20(10-2-1-3-11-20)18-6-4-16(5-7-18)19-14-22-12-8-17(19)9-13-22/h4-7,17,19H,1-3,8-15,21H2. The lowest BCUT2D eigenvalue weighted by atomic mass is 9.69. The lowest BCUT2D eigenvalue weighted by Gasteiger charge is -2.45. The number of piperidine rings is 3. The number of nitrogens with zero attached hydrogens (tertiary/aromatic N) is 1. The van der Waals surface area contributed by atoms with Crippen LogP contribution >= 0.6 is 0 Å². The Labute approximate surface area is 135 Å². The van der Waals surface area contributed by atoms with Crippen LogP contribution in [0.15, 0.2) is 24.3 Å². The summed E-state index contributed by atoms with van der Waals surface area (Å²) in [6.45, 7) is 4.75. The van der Waals surface area contributed by atoms with E-state index in [1.54, 1.807) is 5.56 Å². The average molecular weight is 298 g/mol. The van der Waals surface area contributed by atoms with E-state index in [0.29, 0.717) is 0 Å². The van der Waals surface area contributed by atoms with Crippen LogP contribution < -0.4 is 5.73 Å². The molecule has 2 nitrogen and oxygen atoms in total. The van der Waals surface area contributed by atoms with Crippen molar-refractivity contribution < 1.29 is 0 Å². The molecule has 3 heterocycles. The minimum Gasteiger partial charge on any atom is -0.330 e. The van der Waals surface area contributed by atoms with Crippen molar-refractivity contribution in [2.24, 2.45) is 11.7 Å². The first-order chi connectivity index (χ1) is 10.8. The molecule has 2 heteroatoms. The van der Waals surface area contributed by atoms with Crippen LogP contribution in [0.2, 0.25) is 0 Å². The van der Waals surface area contributed by atoms with Gasteiger partial charge in [0.25, 0.3) is 0 Å². The van der Waals surface area contributed by atoms with Gasteiger partial charge >= 0.3 is 0 Å². The molecule has 0 spiro atoms. The van der Waals surface area contributed by atoms with E-state index in [1.807, 2.05) is 0 Å². The summed E-state index contributed by atoms with van der Waals surface area (Å²) in [7, 11) is 0. The second-order valence-corrected chi connectivity index (χ2v) is 7.91. The Bertz CT molecular complexity index is 493. The van der Waals surface area contributed by atoms with Crippen molar-refractivity contribution in [3.05, 3.63) is 35.4 Å². The number of fused-ring (bicyclic) bond motifs is 3. The molecule has 0 radical (unpaired) electrons. The minimum atomic E-state index is 0.270. The molecular weight excluding hydrogens is 268 g/mol. The van der Waals surface area contributed by atoms with Gasteiger partial charge in [-0.3, -0.25) is 0 Å². The van der Waals surface area contributed by atoms with Crippen molar-refractivity contribution >= 4 is 0 Å². The Hall–Kier alpha value is -0.860. The lowest BCUT2D eigenvalue weighted by Crippen LogP contribution is -2.46. The highest BCUT2D eigenvalue weighted by Gasteiger charge is 2.36. The summed E-state index contributed by atoms with van der Waals surface area (Å²) >= 11 is 0. The summed E-state index contributed by atoms with van der Waals surface area (Å²) < 4.78 is 0. The van der Waals surface area contributed by atoms with E-state index < -0.39 is 0 Å². The molecule has 1 saturated carbocycles. The van der Waals surface area contributed by atoms with E-state index in [4.69, 9.17) is 5.73 Å². The summed E-state index contributed by atoms with van der Waals surface area (Å²) in [6, 6.07) is 9.66. The first-order valence-electron chi connectivity index (χ1n) is 9.34. The van der Waals surface area contributed by atoms with Gasteiger partial charge in [0.1, 0.15) is 0 Å². The summed E-state index contributed by atoms with van der Waals surface area (Å²) in [5.41, 5.74) is 9.53. The molecule has 120 valence electrons. The van der Waals surface area contributed by atoms with Crippen LogP contribution in [0.5, 0.6) is 0 Å². The fourth-order valence-electron chi connectivity index (χ4n) is 5.27. The zero-order valence-electron chi connectivity index (χ0n) is 13.8. The molecule has 2 bridgehead atoms. The van der Waals surface area contributed by atoms with Crippen molar-refractivity contribution in [3.63, 3.8) is 0 Å². The van der Waals surface area contributed by atoms with Gasteiger partial charge < -0.3 is 10.6 Å². The van der Waals surface area contributed by atoms with Crippen LogP contribution in [0.25, 0.3) is 0 Å². The van der Waals surface area contributed by atoms with Crippen molar-refractivity contribution in [1.82, 2.24) is 4.90 Å². The van der Waals surface area contributed by atoms with E-state index in [0.717, 1.165) is 18.4 Å². The van der Waals surface area contributed by atoms with E-state index in [-0.39, 0.29) is 5.41 Å². The molecule has 5 rings (SSSR count). The summed E-state index contributed by atoms with van der Waals surface area (Å²) in [5.74, 6) is 1.70. The number of hydrogen-bond acceptors (Lipinski definition) is 2. The smallest absolute Gasteiger partial charge is 0.00755 e. The largest absolute Gasteiger partial charge is 0.330 e. The Morgan fingerprint density at radius 2 is 1.68 bits per heavy atom. The van der Waals surface area contributed by atoms with Gasteiger partial charge in [0, 0.05) is 18.5 Å². The zero-order valence-corrected chi connectivity index (χ0v) is 13.8. The maximum absolute atomic E-state index is 6.19. The first-order valence-corrected chi connectivity index (χ1v) is 9.34. The molecule has 1 unspecified atom stereocenters. The monoisotopic (exact) mass is 298 g/mol. The molecule has 0 aromatic heterocycles. The number of rotatable bonds is 3. The predicted octanol–water partition coefficient (Wildman–Crippen LogP) is 3.66. The average Bonchev–Trinajstić information content (AvgIpc) is 2.63. The minimum absolute atomic E-state index is 0.270. The van der Waals surface area contributed by atoms with Crippen LogP contribution in [0.4, 0.5) is 0 Å². The van der Waals surface area contributed by atoms with Crippen molar-refractivity contribution in [1.29, 1.82) is 0 Å². The van der Waals surface area contributed by atoms with Crippen molar-refractivity contribution in [2.45, 2.75) is 56.3 Å². The van der Waals surface area contributed by atoms with Crippen LogP contribution in [-0.4, -0.2) is 31.1 Å². The zero-order chi connectivity index (χ0) is 15.0. The molecule has 1 aromatic carbocycles.